The molecule has 1 aromatic carbocycles. The van der Waals surface area contributed by atoms with E-state index in [1.54, 1.807) is 18.2 Å². The smallest absolute Gasteiger partial charge is 0.237 e. The van der Waals surface area contributed by atoms with Crippen molar-refractivity contribution in [2.45, 2.75) is 26.2 Å². The summed E-state index contributed by atoms with van der Waals surface area (Å²) in [5.41, 5.74) is 6.92. The Morgan fingerprint density at radius 1 is 1.25 bits per heavy atom. The first-order valence-electron chi connectivity index (χ1n) is 6.95. The Balaban J connectivity index is 1.94. The van der Waals surface area contributed by atoms with Gasteiger partial charge in [0.25, 0.3) is 0 Å². The van der Waals surface area contributed by atoms with Crippen molar-refractivity contribution < 1.29 is 9.59 Å². The maximum atomic E-state index is 12.5. The van der Waals surface area contributed by atoms with Crippen LogP contribution in [-0.2, 0) is 9.59 Å². The van der Waals surface area contributed by atoms with Gasteiger partial charge in [-0.05, 0) is 37.0 Å². The number of imide groups is 1. The van der Waals surface area contributed by atoms with Crippen LogP contribution < -0.4 is 10.6 Å². The van der Waals surface area contributed by atoms with Gasteiger partial charge < -0.3 is 5.73 Å². The lowest BCUT2D eigenvalue weighted by Crippen LogP contribution is -2.32. The molecule has 2 atom stereocenters. The molecule has 0 radical (unpaired) electrons. The Labute approximate surface area is 126 Å². The first-order valence-corrected chi connectivity index (χ1v) is 7.75. The van der Waals surface area contributed by atoms with Gasteiger partial charge in [-0.15, -0.1) is 0 Å². The number of rotatable bonds is 2. The summed E-state index contributed by atoms with van der Waals surface area (Å²) in [7, 11) is 0. The Morgan fingerprint density at radius 2 is 1.85 bits per heavy atom. The standard InChI is InChI=1S/C15H17BrN2O2/c1-2-8-5-10-11(6-8)15(20)18(14(10)19)13-4-3-9(16)7-12(13)17/h3-4,7-8,10-11H,2,5-6,17H2,1H3. The summed E-state index contributed by atoms with van der Waals surface area (Å²) < 4.78 is 0.837. The molecular weight excluding hydrogens is 320 g/mol. The summed E-state index contributed by atoms with van der Waals surface area (Å²) in [6.07, 6.45) is 2.70. The van der Waals surface area contributed by atoms with Gasteiger partial charge >= 0.3 is 0 Å². The minimum Gasteiger partial charge on any atom is -0.397 e. The number of hydrogen-bond acceptors (Lipinski definition) is 3. The van der Waals surface area contributed by atoms with Crippen LogP contribution in [0.15, 0.2) is 22.7 Å². The molecule has 1 aliphatic heterocycles. The third kappa shape index (κ3) is 1.95. The van der Waals surface area contributed by atoms with Crippen molar-refractivity contribution in [3.8, 4) is 0 Å². The molecule has 0 aromatic heterocycles. The van der Waals surface area contributed by atoms with Crippen molar-refractivity contribution in [1.29, 1.82) is 0 Å². The first-order chi connectivity index (χ1) is 9.52. The number of hydrogen-bond donors (Lipinski definition) is 1. The molecule has 1 saturated carbocycles. The van der Waals surface area contributed by atoms with Gasteiger partial charge in [-0.25, -0.2) is 4.90 Å². The van der Waals surface area contributed by atoms with Crippen LogP contribution in [0.3, 0.4) is 0 Å². The van der Waals surface area contributed by atoms with Crippen molar-refractivity contribution in [1.82, 2.24) is 0 Å². The van der Waals surface area contributed by atoms with E-state index in [0.29, 0.717) is 17.3 Å². The van der Waals surface area contributed by atoms with Crippen LogP contribution in [0.2, 0.25) is 0 Å². The quantitative estimate of drug-likeness (QED) is 0.667. The van der Waals surface area contributed by atoms with Gasteiger partial charge in [0.1, 0.15) is 0 Å². The number of anilines is 2. The largest absolute Gasteiger partial charge is 0.397 e. The SMILES string of the molecule is CCC1CC2C(=O)N(c3ccc(Br)cc3N)C(=O)C2C1. The fourth-order valence-electron chi connectivity index (χ4n) is 3.43. The highest BCUT2D eigenvalue weighted by atomic mass is 79.9. The van der Waals surface area contributed by atoms with Crippen LogP contribution in [0.1, 0.15) is 26.2 Å². The van der Waals surface area contributed by atoms with E-state index < -0.39 is 0 Å². The van der Waals surface area contributed by atoms with Crippen LogP contribution in [0, 0.1) is 17.8 Å². The monoisotopic (exact) mass is 336 g/mol. The fraction of sp³-hybridized carbons (Fsp3) is 0.467. The highest BCUT2D eigenvalue weighted by Crippen LogP contribution is 2.46. The minimum absolute atomic E-state index is 0.0787. The number of amides is 2. The summed E-state index contributed by atoms with van der Waals surface area (Å²) in [6, 6.07) is 5.25. The topological polar surface area (TPSA) is 63.4 Å². The molecule has 3 rings (SSSR count). The number of nitrogens with zero attached hydrogens (tertiary/aromatic N) is 1. The molecule has 1 aliphatic carbocycles. The van der Waals surface area contributed by atoms with E-state index >= 15 is 0 Å². The molecule has 0 bridgehead atoms. The summed E-state index contributed by atoms with van der Waals surface area (Å²) in [4.78, 5) is 26.4. The zero-order chi connectivity index (χ0) is 14.4. The third-order valence-electron chi connectivity index (χ3n) is 4.54. The lowest BCUT2D eigenvalue weighted by atomic mass is 10.00. The van der Waals surface area contributed by atoms with Crippen LogP contribution >= 0.6 is 15.9 Å². The zero-order valence-electron chi connectivity index (χ0n) is 11.3. The van der Waals surface area contributed by atoms with Crippen LogP contribution in [-0.4, -0.2) is 11.8 Å². The number of nitrogens with two attached hydrogens (primary N) is 1. The van der Waals surface area contributed by atoms with Crippen LogP contribution in [0.4, 0.5) is 11.4 Å². The number of halogens is 1. The highest BCUT2D eigenvalue weighted by molar-refractivity contribution is 9.10. The fourth-order valence-corrected chi connectivity index (χ4v) is 3.81. The van der Waals surface area contributed by atoms with E-state index in [1.807, 2.05) is 0 Å². The van der Waals surface area contributed by atoms with E-state index in [2.05, 4.69) is 22.9 Å². The lowest BCUT2D eigenvalue weighted by molar-refractivity contribution is -0.123. The maximum Gasteiger partial charge on any atom is 0.237 e. The zero-order valence-corrected chi connectivity index (χ0v) is 12.9. The number of carbonyl (C=O) groups excluding carboxylic acids is 2. The molecule has 2 unspecified atom stereocenters. The molecule has 1 heterocycles. The van der Waals surface area contributed by atoms with Crippen molar-refractivity contribution in [2.24, 2.45) is 17.8 Å². The molecular formula is C15H17BrN2O2. The molecule has 106 valence electrons. The Bertz CT molecular complexity index is 563. The second kappa shape index (κ2) is 4.88. The van der Waals surface area contributed by atoms with E-state index in [0.717, 1.165) is 23.7 Å². The molecule has 2 amide bonds. The van der Waals surface area contributed by atoms with Crippen LogP contribution in [0.5, 0.6) is 0 Å². The van der Waals surface area contributed by atoms with Gasteiger partial charge in [-0.3, -0.25) is 9.59 Å². The normalized spacial score (nSPS) is 29.1. The number of nitrogen functional groups attached to an aromatic ring is 1. The molecule has 1 saturated heterocycles. The Kier molecular flexibility index (Phi) is 3.32. The van der Waals surface area contributed by atoms with Crippen molar-refractivity contribution in [3.05, 3.63) is 22.7 Å². The second-order valence-electron chi connectivity index (χ2n) is 5.67. The van der Waals surface area contributed by atoms with E-state index in [-0.39, 0.29) is 23.7 Å². The number of benzene rings is 1. The molecule has 2 aliphatic rings. The molecule has 4 nitrogen and oxygen atoms in total. The van der Waals surface area contributed by atoms with Crippen LogP contribution in [0.25, 0.3) is 0 Å². The molecule has 0 spiro atoms. The summed E-state index contributed by atoms with van der Waals surface area (Å²) in [5.74, 6) is 0.0586. The average molecular weight is 337 g/mol. The van der Waals surface area contributed by atoms with Gasteiger partial charge in [0.15, 0.2) is 0 Å². The maximum absolute atomic E-state index is 12.5. The van der Waals surface area contributed by atoms with Gasteiger partial charge in [0.2, 0.25) is 11.8 Å². The summed E-state index contributed by atoms with van der Waals surface area (Å²) in [5, 5.41) is 0. The average Bonchev–Trinajstić information content (AvgIpc) is 2.93. The molecule has 20 heavy (non-hydrogen) atoms. The van der Waals surface area contributed by atoms with Crippen molar-refractivity contribution >= 4 is 39.1 Å². The van der Waals surface area contributed by atoms with Gasteiger partial charge in [0.05, 0.1) is 23.2 Å². The van der Waals surface area contributed by atoms with Gasteiger partial charge in [-0.1, -0.05) is 29.3 Å². The lowest BCUT2D eigenvalue weighted by Gasteiger charge is -2.19. The summed E-state index contributed by atoms with van der Waals surface area (Å²) in [6.45, 7) is 2.12. The van der Waals surface area contributed by atoms with Crippen molar-refractivity contribution in [2.75, 3.05) is 10.6 Å². The number of carbonyl (C=O) groups is 2. The highest BCUT2D eigenvalue weighted by Gasteiger charge is 2.52. The van der Waals surface area contributed by atoms with E-state index in [9.17, 15) is 9.59 Å². The second-order valence-corrected chi connectivity index (χ2v) is 6.59. The van der Waals surface area contributed by atoms with E-state index in [1.165, 1.54) is 4.90 Å². The van der Waals surface area contributed by atoms with Crippen molar-refractivity contribution in [3.63, 3.8) is 0 Å². The first kappa shape index (κ1) is 13.6. The predicted octanol–water partition coefficient (Wildman–Crippen LogP) is 2.96. The minimum atomic E-state index is -0.143. The number of fused-ring (bicyclic) bond motifs is 1. The van der Waals surface area contributed by atoms with Gasteiger partial charge in [-0.2, -0.15) is 0 Å². The Morgan fingerprint density at radius 3 is 2.35 bits per heavy atom. The van der Waals surface area contributed by atoms with Gasteiger partial charge in [0, 0.05) is 4.47 Å². The van der Waals surface area contributed by atoms with E-state index in [4.69, 9.17) is 5.73 Å². The molecule has 1 aromatic rings. The third-order valence-corrected chi connectivity index (χ3v) is 5.04. The predicted molar refractivity (Wildman–Crippen MR) is 81.0 cm³/mol. The molecule has 2 fully saturated rings. The Hall–Kier alpha value is -1.36. The molecule has 2 N–H and O–H groups in total. The molecule has 5 heteroatoms. The summed E-state index contributed by atoms with van der Waals surface area (Å²) >= 11 is 3.33.